The number of methoxy groups -OCH3 is 2. The van der Waals surface area contributed by atoms with Crippen LogP contribution in [0.15, 0.2) is 60.7 Å². The van der Waals surface area contributed by atoms with E-state index in [1.807, 2.05) is 48.5 Å². The number of nitrogens with two attached hydrogens (primary N) is 1. The lowest BCUT2D eigenvalue weighted by Gasteiger charge is -2.12. The summed E-state index contributed by atoms with van der Waals surface area (Å²) in [4.78, 5) is 20.9. The van der Waals surface area contributed by atoms with Crippen LogP contribution in [-0.2, 0) is 4.74 Å². The van der Waals surface area contributed by atoms with E-state index in [2.05, 4.69) is 15.3 Å². The summed E-state index contributed by atoms with van der Waals surface area (Å²) in [5.41, 5.74) is 8.75. The standard InChI is InChI=1S/C24H25ClN4O3/c1-31-15-5-3-4-6-20(30)21-22(25)28-24(26)29-23(21)27-18-11-7-16(8-12-18)17-9-13-19(32-2)14-10-17/h4,6-14H,3,5,15H2,1-2H3,(H3,26,27,28,29)/b6-4+. The van der Waals surface area contributed by atoms with Crippen molar-refractivity contribution in [2.45, 2.75) is 12.8 Å². The number of nitrogen functional groups attached to an aromatic ring is 1. The van der Waals surface area contributed by atoms with Gasteiger partial charge in [-0.05, 0) is 54.3 Å². The molecule has 0 fully saturated rings. The summed E-state index contributed by atoms with van der Waals surface area (Å²) in [5.74, 6) is 0.735. The highest BCUT2D eigenvalue weighted by molar-refractivity contribution is 6.34. The van der Waals surface area contributed by atoms with Gasteiger partial charge in [-0.1, -0.05) is 41.9 Å². The van der Waals surface area contributed by atoms with Gasteiger partial charge in [0.05, 0.1) is 7.11 Å². The number of ether oxygens (including phenoxy) is 2. The Morgan fingerprint density at radius 3 is 2.34 bits per heavy atom. The number of carbonyl (C=O) groups excluding carboxylic acids is 1. The molecule has 0 aliphatic rings. The fourth-order valence-corrected chi connectivity index (χ4v) is 3.31. The van der Waals surface area contributed by atoms with E-state index in [-0.39, 0.29) is 28.3 Å². The summed E-state index contributed by atoms with van der Waals surface area (Å²) in [6, 6.07) is 15.5. The number of nitrogens with one attached hydrogen (secondary N) is 1. The van der Waals surface area contributed by atoms with Crippen LogP contribution in [0.1, 0.15) is 23.2 Å². The van der Waals surface area contributed by atoms with Crippen LogP contribution in [0, 0.1) is 0 Å². The second-order valence-corrected chi connectivity index (χ2v) is 7.29. The number of unbranched alkanes of at least 4 members (excludes halogenated alkanes) is 1. The van der Waals surface area contributed by atoms with Gasteiger partial charge in [-0.25, -0.2) is 4.98 Å². The molecule has 1 heterocycles. The summed E-state index contributed by atoms with van der Waals surface area (Å²) in [6.07, 6.45) is 4.77. The minimum absolute atomic E-state index is 0.00129. The van der Waals surface area contributed by atoms with Gasteiger partial charge in [0, 0.05) is 19.4 Å². The fourth-order valence-electron chi connectivity index (χ4n) is 3.04. The molecule has 0 radical (unpaired) electrons. The Labute approximate surface area is 192 Å². The van der Waals surface area contributed by atoms with Crippen molar-refractivity contribution in [1.29, 1.82) is 0 Å². The average molecular weight is 453 g/mol. The number of rotatable bonds is 10. The fraction of sp³-hybridized carbons (Fsp3) is 0.208. The van der Waals surface area contributed by atoms with Crippen LogP contribution < -0.4 is 15.8 Å². The van der Waals surface area contributed by atoms with Gasteiger partial charge < -0.3 is 20.5 Å². The predicted molar refractivity (Wildman–Crippen MR) is 128 cm³/mol. The highest BCUT2D eigenvalue weighted by Crippen LogP contribution is 2.28. The van der Waals surface area contributed by atoms with Crippen LogP contribution in [-0.4, -0.2) is 36.6 Å². The molecule has 0 aliphatic heterocycles. The van der Waals surface area contributed by atoms with Crippen molar-refractivity contribution in [1.82, 2.24) is 9.97 Å². The van der Waals surface area contributed by atoms with Crippen molar-refractivity contribution < 1.29 is 14.3 Å². The van der Waals surface area contributed by atoms with Gasteiger partial charge in [0.2, 0.25) is 5.95 Å². The van der Waals surface area contributed by atoms with Crippen molar-refractivity contribution in [3.8, 4) is 16.9 Å². The smallest absolute Gasteiger partial charge is 0.223 e. The Bertz CT molecular complexity index is 1080. The molecule has 0 bridgehead atoms. The lowest BCUT2D eigenvalue weighted by atomic mass is 10.1. The number of carbonyl (C=O) groups is 1. The normalized spacial score (nSPS) is 11.0. The van der Waals surface area contributed by atoms with Crippen molar-refractivity contribution in [2.24, 2.45) is 0 Å². The lowest BCUT2D eigenvalue weighted by molar-refractivity contribution is 0.104. The van der Waals surface area contributed by atoms with E-state index >= 15 is 0 Å². The summed E-state index contributed by atoms with van der Waals surface area (Å²) in [5, 5.41) is 3.13. The van der Waals surface area contributed by atoms with Gasteiger partial charge in [-0.2, -0.15) is 4.98 Å². The first kappa shape index (κ1) is 23.2. The highest BCUT2D eigenvalue weighted by Gasteiger charge is 2.18. The molecule has 0 aliphatic carbocycles. The first-order valence-corrected chi connectivity index (χ1v) is 10.4. The van der Waals surface area contributed by atoms with Crippen molar-refractivity contribution in [3.05, 3.63) is 71.4 Å². The van der Waals surface area contributed by atoms with E-state index in [1.54, 1.807) is 20.3 Å². The molecule has 0 spiro atoms. The highest BCUT2D eigenvalue weighted by atomic mass is 35.5. The molecule has 0 unspecified atom stereocenters. The quantitative estimate of drug-likeness (QED) is 0.186. The number of hydrogen-bond acceptors (Lipinski definition) is 7. The third-order valence-electron chi connectivity index (χ3n) is 4.69. The van der Waals surface area contributed by atoms with Gasteiger partial charge in [0.1, 0.15) is 22.3 Å². The third kappa shape index (κ3) is 6.06. The van der Waals surface area contributed by atoms with Gasteiger partial charge in [-0.3, -0.25) is 4.79 Å². The number of benzene rings is 2. The summed E-state index contributed by atoms with van der Waals surface area (Å²) >= 11 is 6.23. The van der Waals surface area contributed by atoms with E-state index in [1.165, 1.54) is 6.08 Å². The predicted octanol–water partition coefficient (Wildman–Crippen LogP) is 5.30. The summed E-state index contributed by atoms with van der Waals surface area (Å²) < 4.78 is 10.2. The summed E-state index contributed by atoms with van der Waals surface area (Å²) in [6.45, 7) is 0.629. The average Bonchev–Trinajstić information content (AvgIpc) is 2.79. The first-order chi connectivity index (χ1) is 15.5. The molecule has 3 rings (SSSR count). The monoisotopic (exact) mass is 452 g/mol. The molecule has 3 N–H and O–H groups in total. The van der Waals surface area contributed by atoms with E-state index in [0.29, 0.717) is 13.0 Å². The number of allylic oxidation sites excluding steroid dienone is 2. The number of anilines is 3. The Balaban J connectivity index is 1.79. The van der Waals surface area contributed by atoms with Gasteiger partial charge in [0.15, 0.2) is 5.78 Å². The summed E-state index contributed by atoms with van der Waals surface area (Å²) in [7, 11) is 3.28. The zero-order chi connectivity index (χ0) is 22.9. The Morgan fingerprint density at radius 2 is 1.72 bits per heavy atom. The molecule has 166 valence electrons. The first-order valence-electron chi connectivity index (χ1n) is 10.1. The van der Waals surface area contributed by atoms with Gasteiger partial charge in [0.25, 0.3) is 0 Å². The number of hydrogen-bond donors (Lipinski definition) is 2. The molecular formula is C24H25ClN4O3. The molecule has 1 aromatic heterocycles. The zero-order valence-corrected chi connectivity index (χ0v) is 18.7. The van der Waals surface area contributed by atoms with Crippen LogP contribution >= 0.6 is 11.6 Å². The molecule has 2 aromatic carbocycles. The van der Waals surface area contributed by atoms with Crippen LogP contribution in [0.2, 0.25) is 5.15 Å². The molecule has 3 aromatic rings. The SMILES string of the molecule is COCCC/C=C/C(=O)c1c(Cl)nc(N)nc1Nc1ccc(-c2ccc(OC)cc2)cc1. The molecule has 8 heteroatoms. The zero-order valence-electron chi connectivity index (χ0n) is 18.0. The topological polar surface area (TPSA) is 99.4 Å². The largest absolute Gasteiger partial charge is 0.497 e. The molecule has 7 nitrogen and oxygen atoms in total. The van der Waals surface area contributed by atoms with Gasteiger partial charge >= 0.3 is 0 Å². The number of nitrogens with zero attached hydrogens (tertiary/aromatic N) is 2. The molecule has 32 heavy (non-hydrogen) atoms. The van der Waals surface area contributed by atoms with E-state index in [4.69, 9.17) is 26.8 Å². The molecular weight excluding hydrogens is 428 g/mol. The maximum Gasteiger partial charge on any atom is 0.223 e. The maximum atomic E-state index is 12.7. The molecule has 0 saturated heterocycles. The Kier molecular flexibility index (Phi) is 8.19. The molecule has 0 atom stereocenters. The van der Waals surface area contributed by atoms with Crippen molar-refractivity contribution in [3.63, 3.8) is 0 Å². The van der Waals surface area contributed by atoms with Gasteiger partial charge in [-0.15, -0.1) is 0 Å². The molecule has 0 saturated carbocycles. The molecule has 0 amide bonds. The second kappa shape index (κ2) is 11.3. The van der Waals surface area contributed by atoms with E-state index < -0.39 is 0 Å². The number of ketones is 1. The van der Waals surface area contributed by atoms with Crippen LogP contribution in [0.25, 0.3) is 11.1 Å². The third-order valence-corrected chi connectivity index (χ3v) is 4.96. The minimum Gasteiger partial charge on any atom is -0.497 e. The van der Waals surface area contributed by atoms with Crippen LogP contribution in [0.5, 0.6) is 5.75 Å². The second-order valence-electron chi connectivity index (χ2n) is 6.93. The van der Waals surface area contributed by atoms with Crippen molar-refractivity contribution in [2.75, 3.05) is 31.9 Å². The van der Waals surface area contributed by atoms with Crippen molar-refractivity contribution >= 4 is 34.8 Å². The van der Waals surface area contributed by atoms with E-state index in [0.717, 1.165) is 29.0 Å². The number of halogens is 1. The lowest BCUT2D eigenvalue weighted by Crippen LogP contribution is -2.09. The van der Waals surface area contributed by atoms with Crippen LogP contribution in [0.4, 0.5) is 17.5 Å². The Morgan fingerprint density at radius 1 is 1.06 bits per heavy atom. The van der Waals surface area contributed by atoms with Crippen LogP contribution in [0.3, 0.4) is 0 Å². The maximum absolute atomic E-state index is 12.7. The Hall–Kier alpha value is -3.42. The number of aromatic nitrogens is 2. The minimum atomic E-state index is -0.301. The van der Waals surface area contributed by atoms with E-state index in [9.17, 15) is 4.79 Å².